The molecule has 4 atom stereocenters. The zero-order valence-corrected chi connectivity index (χ0v) is 84.4. The summed E-state index contributed by atoms with van der Waals surface area (Å²) in [5.74, 6) is -0.122. The van der Waals surface area contributed by atoms with Crippen LogP contribution in [-0.4, -0.2) is 233 Å². The van der Waals surface area contributed by atoms with Crippen LogP contribution in [0.25, 0.3) is 0 Å². The number of allylic oxidation sites excluding steroid dienone is 1. The largest absolute Gasteiger partial charge is 0.481 e. The highest BCUT2D eigenvalue weighted by Gasteiger charge is 2.31. The lowest BCUT2D eigenvalue weighted by atomic mass is 9.80. The monoisotopic (exact) mass is 1860 g/mol. The van der Waals surface area contributed by atoms with Crippen molar-refractivity contribution in [2.75, 3.05) is 118 Å². The van der Waals surface area contributed by atoms with E-state index in [0.717, 1.165) is 108 Å². The molecule has 0 spiro atoms. The van der Waals surface area contributed by atoms with Crippen LogP contribution in [0.4, 0.5) is 10.8 Å². The number of morpholine rings is 1. The Kier molecular flexibility index (Phi) is 73.7. The number of nitrogens with one attached hydrogen (secondary N) is 1. The molecule has 0 saturated carbocycles. The van der Waals surface area contributed by atoms with Crippen LogP contribution in [0.5, 0.6) is 0 Å². The van der Waals surface area contributed by atoms with Crippen LogP contribution in [0.15, 0.2) is 219 Å². The van der Waals surface area contributed by atoms with Crippen LogP contribution in [0.1, 0.15) is 195 Å². The lowest BCUT2D eigenvalue weighted by molar-refractivity contribution is -0.137. The third-order valence-corrected chi connectivity index (χ3v) is 21.0. The highest BCUT2D eigenvalue weighted by molar-refractivity contribution is 7.13. The summed E-state index contributed by atoms with van der Waals surface area (Å²) in [5, 5.41) is 43.1. The molecule has 17 rings (SSSR count). The van der Waals surface area contributed by atoms with Crippen molar-refractivity contribution >= 4 is 52.0 Å². The van der Waals surface area contributed by atoms with Crippen molar-refractivity contribution in [1.29, 1.82) is 0 Å². The molecule has 12 N–H and O–H groups in total. The van der Waals surface area contributed by atoms with Crippen molar-refractivity contribution < 1.29 is 54.2 Å². The van der Waals surface area contributed by atoms with Crippen molar-refractivity contribution in [2.45, 2.75) is 194 Å². The van der Waals surface area contributed by atoms with Gasteiger partial charge in [-0.3, -0.25) is 34.5 Å². The normalized spacial score (nSPS) is 16.7. The maximum absolute atomic E-state index is 10.4. The van der Waals surface area contributed by atoms with E-state index in [-0.39, 0.29) is 6.42 Å². The van der Waals surface area contributed by atoms with Crippen LogP contribution >= 0.6 is 11.3 Å². The summed E-state index contributed by atoms with van der Waals surface area (Å²) in [5.41, 5.74) is 29.8. The number of aliphatic carboxylic acids is 3. The molecule has 4 unspecified atom stereocenters. The summed E-state index contributed by atoms with van der Waals surface area (Å²) in [7, 11) is 8.69. The van der Waals surface area contributed by atoms with Crippen LogP contribution in [0.2, 0.25) is 0 Å². The predicted octanol–water partition coefficient (Wildman–Crippen LogP) is 19.8. The molecule has 27 nitrogen and oxygen atoms in total. The first-order chi connectivity index (χ1) is 63.2. The van der Waals surface area contributed by atoms with Gasteiger partial charge in [-0.2, -0.15) is 0 Å². The lowest BCUT2D eigenvalue weighted by Crippen LogP contribution is -2.46. The number of rotatable bonds is 7. The molecule has 0 amide bonds. The molecule has 28 heteroatoms. The van der Waals surface area contributed by atoms with Gasteiger partial charge in [0.1, 0.15) is 0 Å². The molecule has 7 saturated heterocycles. The molecule has 6 aromatic heterocycles. The number of pyridine rings is 3. The fourth-order valence-corrected chi connectivity index (χ4v) is 12.7. The molecular formula is C105H162N16O11S. The number of aromatic amines is 1. The number of thiazole rings is 1. The molecule has 10 aromatic rings. The number of carbonyl (C=O) groups is 5. The Hall–Kier alpha value is -11.3. The molecule has 0 aliphatic carbocycles. The number of aromatic nitrogens is 8. The first-order valence-corrected chi connectivity index (χ1v) is 46.6. The van der Waals surface area contributed by atoms with Gasteiger partial charge in [-0.15, -0.1) is 11.3 Å². The van der Waals surface area contributed by atoms with Gasteiger partial charge in [0.15, 0.2) is 5.13 Å². The molecule has 13 heterocycles. The number of H-pyrrole nitrogens is 1. The van der Waals surface area contributed by atoms with Crippen molar-refractivity contribution in [2.24, 2.45) is 29.4 Å². The Labute approximate surface area is 800 Å². The second-order valence-corrected chi connectivity index (χ2v) is 34.1. The van der Waals surface area contributed by atoms with Crippen LogP contribution in [0.3, 0.4) is 0 Å². The Morgan fingerprint density at radius 3 is 1.33 bits per heavy atom. The van der Waals surface area contributed by atoms with E-state index in [2.05, 4.69) is 151 Å². The summed E-state index contributed by atoms with van der Waals surface area (Å²) < 4.78 is 5.10. The van der Waals surface area contributed by atoms with Gasteiger partial charge in [-0.25, -0.2) is 24.4 Å². The van der Waals surface area contributed by atoms with Crippen LogP contribution in [-0.2, 0) is 25.7 Å². The maximum atomic E-state index is 10.4. The number of piperidine rings is 4. The summed E-state index contributed by atoms with van der Waals surface area (Å²) in [6.07, 6.45) is 31.2. The number of likely N-dealkylation sites (N-methyl/N-ethyl adjacent to an activating group) is 1. The number of hydrogen-bond donors (Lipinski definition) is 9. The quantitative estimate of drug-likeness (QED) is 0.0528. The molecule has 0 radical (unpaired) electrons. The Bertz CT molecular complexity index is 4300. The second kappa shape index (κ2) is 79.2. The van der Waals surface area contributed by atoms with E-state index < -0.39 is 29.8 Å². The van der Waals surface area contributed by atoms with Gasteiger partial charge in [0.05, 0.1) is 42.1 Å². The van der Waals surface area contributed by atoms with E-state index in [9.17, 15) is 24.0 Å². The van der Waals surface area contributed by atoms with E-state index in [1.54, 1.807) is 113 Å². The number of imidazole rings is 1. The minimum atomic E-state index is -0.891. The van der Waals surface area contributed by atoms with Crippen molar-refractivity contribution in [3.8, 4) is 0 Å². The first-order valence-electron chi connectivity index (χ1n) is 45.7. The van der Waals surface area contributed by atoms with E-state index in [1.807, 2.05) is 153 Å². The first kappa shape index (κ1) is 124. The van der Waals surface area contributed by atoms with Crippen molar-refractivity contribution in [3.63, 3.8) is 0 Å². The number of fused-ring (bicyclic) bond motifs is 3. The Balaban J connectivity index is 0. The lowest BCUT2D eigenvalue weighted by Gasteiger charge is -2.43. The fraction of sp³-hybridized carbons (Fsp3) is 0.467. The Morgan fingerprint density at radius 2 is 1.08 bits per heavy atom. The van der Waals surface area contributed by atoms with Crippen LogP contribution < -0.4 is 17.2 Å². The molecule has 2 bridgehead atoms. The molecule has 4 aromatic carbocycles. The molecule has 7 aliphatic rings. The summed E-state index contributed by atoms with van der Waals surface area (Å²) in [6.45, 7) is 49.4. The summed E-state index contributed by atoms with van der Waals surface area (Å²) in [4.78, 5) is 91.3. The van der Waals surface area contributed by atoms with Gasteiger partial charge in [0.2, 0.25) is 0 Å². The van der Waals surface area contributed by atoms with E-state index in [0.29, 0.717) is 29.2 Å². The molecule has 7 aliphatic heterocycles. The SMILES string of the molecule is C/C=C/C(=O)O.CC1CCCN(C)C1.CC1CCCN1C.CC1CCN(C)C1.CC1CN2CCC1CC2.CCC(=O)O.CCCC(=O)O.CN1CCOCC1.Cc1ccc(CN)cc1.Cc1ccc(N)cc1.Cc1cccc(C(=O)O)c1.Cc1ccccc1C(=O)O.Cc1ccccn1.Cc1cccnc1.Cc1ccncc1.Cc1cnc[nH]1.Cc1cnccn1.Cc1csc(N)n1. The predicted molar refractivity (Wildman–Crippen MR) is 547 cm³/mol. The van der Waals surface area contributed by atoms with Gasteiger partial charge < -0.3 is 77.0 Å². The number of ether oxygens (including phenoxy) is 1. The van der Waals surface area contributed by atoms with Gasteiger partial charge in [0, 0.05) is 142 Å². The minimum absolute atomic E-state index is 0.222. The summed E-state index contributed by atoms with van der Waals surface area (Å²) in [6, 6.07) is 44.4. The minimum Gasteiger partial charge on any atom is -0.481 e. The van der Waals surface area contributed by atoms with E-state index in [1.165, 1.54) is 143 Å². The van der Waals surface area contributed by atoms with Gasteiger partial charge >= 0.3 is 29.8 Å². The molecule has 734 valence electrons. The molecular weight excluding hydrogens is 1690 g/mol. The third-order valence-electron chi connectivity index (χ3n) is 20.2. The average Bonchev–Trinajstić information content (AvgIpc) is 1.06. The summed E-state index contributed by atoms with van der Waals surface area (Å²) >= 11 is 1.47. The van der Waals surface area contributed by atoms with Crippen molar-refractivity contribution in [1.82, 2.24) is 64.4 Å². The van der Waals surface area contributed by atoms with Gasteiger partial charge in [-0.1, -0.05) is 136 Å². The fourth-order valence-electron chi connectivity index (χ4n) is 12.2. The second-order valence-electron chi connectivity index (χ2n) is 33.2. The number of nitrogen functional groups attached to an aromatic ring is 2. The number of carboxylic acids is 5. The smallest absolute Gasteiger partial charge is 0.335 e. The number of benzene rings is 4. The van der Waals surface area contributed by atoms with E-state index in [4.69, 9.17) is 47.5 Å². The molecule has 133 heavy (non-hydrogen) atoms. The number of carboxylic acid groups (broad SMARTS) is 5. The van der Waals surface area contributed by atoms with Gasteiger partial charge in [0.25, 0.3) is 0 Å². The number of aryl methyl sites for hydroxylation is 10. The Morgan fingerprint density at radius 1 is 0.511 bits per heavy atom. The standard InChI is InChI=1S/C8H15N.C8H11N.2C8H8O2.C7H15N.C7H9N.2C6H13N.3C6H7N.C5H6N2.C5H11NO.C4H6N2S.C4H6N2.C4H8O2.C4H6O2.C3H6O2/c1-7-6-9-4-2-8(7)3-5-9;1-7-2-4-8(6-9)5-3-7;1-6-3-2-4-7(5-6)8(9)10;1-6-4-2-3-5-7(6)8(9)10;1-7-4-3-5-8(2)6-7;1-6-2-4-7(8)5-3-6;1-6-3-4-7(2)5-6;1-6-4-3-5-7(6)2;1-6-2-4-7-5-3-6;1-6-3-2-4-7-5-6;1-6-4-2-3-5-7-6;1-5-4-6-2-3-7-5;1-6-2-4-7-5-3-6;1-3-2-7-4(5)6-3;1-4-2-5-3-6-4;2*1-2-3-4(5)6;1-2-3(4)5/h7-8H,2-6H2,1H3;2-5H,6,9H2,1H3;2*2-5H,1H3,(H,9,10);7H,3-6H2,1-2H3;2-5H,8H2,1H3;2*6H,3-5H2,1-2H3;3*2-5H,1H3;2-4H,1H3;2-5H2,1H3;2H,1H3,(H2,5,6);2-3H,1H3,(H,5,6);2-3H2,1H3,(H,5,6);2-3H,1H3,(H,5,6);2H2,1H3,(H,4,5)/b;;;;;;;;;;;;;;;;3-2+;. The topological polar surface area (TPSA) is 396 Å². The number of nitrogens with zero attached hydrogens (tertiary/aromatic N) is 12. The van der Waals surface area contributed by atoms with Crippen LogP contribution in [0, 0.1) is 92.9 Å². The highest BCUT2D eigenvalue weighted by atomic mass is 32.1. The zero-order valence-electron chi connectivity index (χ0n) is 83.6. The van der Waals surface area contributed by atoms with E-state index >= 15 is 0 Å². The number of anilines is 2. The van der Waals surface area contributed by atoms with Gasteiger partial charge in [-0.05, 0) is 302 Å². The number of likely N-dealkylation sites (tertiary alicyclic amines) is 3. The number of nitrogens with two attached hydrogens (primary N) is 3. The molecule has 7 fully saturated rings. The number of aromatic carboxylic acids is 2. The van der Waals surface area contributed by atoms with Crippen molar-refractivity contribution in [3.05, 3.63) is 292 Å². The third kappa shape index (κ3) is 74.8. The highest BCUT2D eigenvalue weighted by Crippen LogP contribution is 2.31. The zero-order chi connectivity index (χ0) is 100. The maximum Gasteiger partial charge on any atom is 0.335 e. The average molecular weight is 1860 g/mol. The number of hydrogen-bond acceptors (Lipinski definition) is 22.